The highest BCUT2D eigenvalue weighted by atomic mass is 16.2. The molecule has 1 aliphatic heterocycles. The standard InChI is InChI=1S/C11H22N4O2/c1-3-9-8-15(7-6-14(9)2)11(17)10(16)13-5-4-12/h9H,3-8,12H2,1-2H3,(H,13,16). The van der Waals surface area contributed by atoms with Crippen molar-refractivity contribution in [3.8, 4) is 0 Å². The van der Waals surface area contributed by atoms with Crippen molar-refractivity contribution >= 4 is 11.8 Å². The molecule has 1 unspecified atom stereocenters. The van der Waals surface area contributed by atoms with Crippen LogP contribution in [0.2, 0.25) is 0 Å². The number of hydrogen-bond donors (Lipinski definition) is 2. The second-order valence-electron chi connectivity index (χ2n) is 4.34. The van der Waals surface area contributed by atoms with E-state index in [0.29, 0.717) is 32.2 Å². The van der Waals surface area contributed by atoms with Crippen LogP contribution in [0.4, 0.5) is 0 Å². The lowest BCUT2D eigenvalue weighted by Gasteiger charge is -2.38. The smallest absolute Gasteiger partial charge is 0.311 e. The minimum Gasteiger partial charge on any atom is -0.347 e. The summed E-state index contributed by atoms with van der Waals surface area (Å²) in [6.45, 7) is 4.83. The van der Waals surface area contributed by atoms with Gasteiger partial charge in [-0.05, 0) is 13.5 Å². The number of likely N-dealkylation sites (N-methyl/N-ethyl adjacent to an activating group) is 1. The largest absolute Gasteiger partial charge is 0.347 e. The molecule has 1 aliphatic rings. The molecule has 0 saturated carbocycles. The first-order chi connectivity index (χ1) is 8.10. The lowest BCUT2D eigenvalue weighted by molar-refractivity contribution is -0.147. The Morgan fingerprint density at radius 3 is 2.71 bits per heavy atom. The molecule has 6 nitrogen and oxygen atoms in total. The van der Waals surface area contributed by atoms with Crippen molar-refractivity contribution in [2.24, 2.45) is 5.73 Å². The second-order valence-corrected chi connectivity index (χ2v) is 4.34. The SMILES string of the molecule is CCC1CN(C(=O)C(=O)NCCN)CCN1C. The van der Waals surface area contributed by atoms with Gasteiger partial charge in [0.1, 0.15) is 0 Å². The summed E-state index contributed by atoms with van der Waals surface area (Å²) in [6.07, 6.45) is 0.977. The predicted octanol–water partition coefficient (Wildman–Crippen LogP) is -1.39. The van der Waals surface area contributed by atoms with Crippen molar-refractivity contribution in [1.82, 2.24) is 15.1 Å². The average Bonchev–Trinajstić information content (AvgIpc) is 2.35. The lowest BCUT2D eigenvalue weighted by atomic mass is 10.1. The maximum absolute atomic E-state index is 11.8. The summed E-state index contributed by atoms with van der Waals surface area (Å²) in [7, 11) is 2.05. The van der Waals surface area contributed by atoms with E-state index >= 15 is 0 Å². The normalized spacial score (nSPS) is 21.4. The molecule has 1 saturated heterocycles. The van der Waals surface area contributed by atoms with Crippen LogP contribution in [0, 0.1) is 0 Å². The number of hydrogen-bond acceptors (Lipinski definition) is 4. The number of piperazine rings is 1. The van der Waals surface area contributed by atoms with Crippen LogP contribution < -0.4 is 11.1 Å². The third-order valence-electron chi connectivity index (χ3n) is 3.16. The van der Waals surface area contributed by atoms with E-state index in [1.54, 1.807) is 4.90 Å². The fourth-order valence-electron chi connectivity index (χ4n) is 1.98. The predicted molar refractivity (Wildman–Crippen MR) is 65.4 cm³/mol. The third kappa shape index (κ3) is 3.67. The van der Waals surface area contributed by atoms with Gasteiger partial charge in [0.2, 0.25) is 0 Å². The molecular weight excluding hydrogens is 220 g/mol. The minimum absolute atomic E-state index is 0.343. The Morgan fingerprint density at radius 1 is 1.41 bits per heavy atom. The van der Waals surface area contributed by atoms with E-state index in [9.17, 15) is 9.59 Å². The Balaban J connectivity index is 2.49. The molecule has 0 aromatic rings. The molecule has 0 bridgehead atoms. The van der Waals surface area contributed by atoms with Gasteiger partial charge in [-0.3, -0.25) is 14.5 Å². The molecule has 3 N–H and O–H groups in total. The van der Waals surface area contributed by atoms with Gasteiger partial charge in [0.25, 0.3) is 0 Å². The maximum atomic E-state index is 11.8. The van der Waals surface area contributed by atoms with Crippen LogP contribution in [-0.2, 0) is 9.59 Å². The number of rotatable bonds is 3. The van der Waals surface area contributed by atoms with Gasteiger partial charge in [-0.25, -0.2) is 0 Å². The van der Waals surface area contributed by atoms with Gasteiger partial charge in [-0.1, -0.05) is 6.92 Å². The van der Waals surface area contributed by atoms with Crippen molar-refractivity contribution in [3.63, 3.8) is 0 Å². The van der Waals surface area contributed by atoms with Crippen molar-refractivity contribution in [3.05, 3.63) is 0 Å². The zero-order valence-electron chi connectivity index (χ0n) is 10.6. The van der Waals surface area contributed by atoms with Crippen LogP contribution in [0.25, 0.3) is 0 Å². The van der Waals surface area contributed by atoms with Gasteiger partial charge in [0, 0.05) is 38.8 Å². The Hall–Kier alpha value is -1.14. The second kappa shape index (κ2) is 6.56. The summed E-state index contributed by atoms with van der Waals surface area (Å²) < 4.78 is 0. The van der Waals surface area contributed by atoms with Crippen LogP contribution in [0.5, 0.6) is 0 Å². The molecule has 0 aliphatic carbocycles. The Bertz CT molecular complexity index is 283. The first-order valence-corrected chi connectivity index (χ1v) is 6.07. The summed E-state index contributed by atoms with van der Waals surface area (Å²) in [4.78, 5) is 27.2. The lowest BCUT2D eigenvalue weighted by Crippen LogP contribution is -2.56. The number of carbonyl (C=O) groups is 2. The highest BCUT2D eigenvalue weighted by molar-refractivity contribution is 6.35. The molecule has 17 heavy (non-hydrogen) atoms. The van der Waals surface area contributed by atoms with E-state index in [4.69, 9.17) is 5.73 Å². The van der Waals surface area contributed by atoms with Gasteiger partial charge >= 0.3 is 11.8 Å². The molecule has 6 heteroatoms. The molecular formula is C11H22N4O2. The quantitative estimate of drug-likeness (QED) is 0.598. The Kier molecular flexibility index (Phi) is 5.37. The summed E-state index contributed by atoms with van der Waals surface area (Å²) in [5.74, 6) is -0.986. The van der Waals surface area contributed by atoms with E-state index < -0.39 is 11.8 Å². The van der Waals surface area contributed by atoms with Gasteiger partial charge in [-0.2, -0.15) is 0 Å². The molecule has 1 fully saturated rings. The monoisotopic (exact) mass is 242 g/mol. The first kappa shape index (κ1) is 13.9. The topological polar surface area (TPSA) is 78.7 Å². The molecule has 1 rings (SSSR count). The molecule has 0 aromatic carbocycles. The van der Waals surface area contributed by atoms with Crippen LogP contribution in [0.15, 0.2) is 0 Å². The molecule has 1 heterocycles. The number of nitrogens with zero attached hydrogens (tertiary/aromatic N) is 2. The number of nitrogens with two attached hydrogens (primary N) is 1. The fourth-order valence-corrected chi connectivity index (χ4v) is 1.98. The Labute approximate surface area is 102 Å². The fraction of sp³-hybridized carbons (Fsp3) is 0.818. The Morgan fingerprint density at radius 2 is 2.12 bits per heavy atom. The van der Waals surface area contributed by atoms with Gasteiger partial charge in [0.05, 0.1) is 0 Å². The van der Waals surface area contributed by atoms with E-state index in [1.807, 2.05) is 7.05 Å². The average molecular weight is 242 g/mol. The van der Waals surface area contributed by atoms with E-state index in [0.717, 1.165) is 13.0 Å². The molecule has 1 atom stereocenters. The van der Waals surface area contributed by atoms with E-state index in [1.165, 1.54) is 0 Å². The highest BCUT2D eigenvalue weighted by Crippen LogP contribution is 2.10. The zero-order valence-corrected chi connectivity index (χ0v) is 10.6. The molecule has 2 amide bonds. The maximum Gasteiger partial charge on any atom is 0.311 e. The van der Waals surface area contributed by atoms with Crippen LogP contribution in [0.1, 0.15) is 13.3 Å². The van der Waals surface area contributed by atoms with Crippen LogP contribution in [-0.4, -0.2) is 67.4 Å². The summed E-state index contributed by atoms with van der Waals surface area (Å²) in [6, 6.07) is 0.343. The summed E-state index contributed by atoms with van der Waals surface area (Å²) >= 11 is 0. The molecule has 0 spiro atoms. The molecule has 0 aromatic heterocycles. The van der Waals surface area contributed by atoms with Gasteiger partial charge in [-0.15, -0.1) is 0 Å². The third-order valence-corrected chi connectivity index (χ3v) is 3.16. The van der Waals surface area contributed by atoms with Crippen molar-refractivity contribution in [1.29, 1.82) is 0 Å². The van der Waals surface area contributed by atoms with Gasteiger partial charge in [0.15, 0.2) is 0 Å². The minimum atomic E-state index is -0.546. The van der Waals surface area contributed by atoms with E-state index in [-0.39, 0.29) is 0 Å². The van der Waals surface area contributed by atoms with Crippen LogP contribution >= 0.6 is 0 Å². The summed E-state index contributed by atoms with van der Waals surface area (Å²) in [5.41, 5.74) is 5.27. The molecule has 98 valence electrons. The first-order valence-electron chi connectivity index (χ1n) is 6.07. The van der Waals surface area contributed by atoms with Crippen molar-refractivity contribution < 1.29 is 9.59 Å². The zero-order chi connectivity index (χ0) is 12.8. The van der Waals surface area contributed by atoms with E-state index in [2.05, 4.69) is 17.1 Å². The summed E-state index contributed by atoms with van der Waals surface area (Å²) in [5, 5.41) is 2.50. The van der Waals surface area contributed by atoms with Crippen molar-refractivity contribution in [2.45, 2.75) is 19.4 Å². The number of nitrogens with one attached hydrogen (secondary N) is 1. The number of carbonyl (C=O) groups excluding carboxylic acids is 2. The van der Waals surface area contributed by atoms with Crippen LogP contribution in [0.3, 0.4) is 0 Å². The van der Waals surface area contributed by atoms with Gasteiger partial charge < -0.3 is 16.0 Å². The number of amides is 2. The van der Waals surface area contributed by atoms with Crippen molar-refractivity contribution in [2.75, 3.05) is 39.8 Å². The highest BCUT2D eigenvalue weighted by Gasteiger charge is 2.29. The molecule has 0 radical (unpaired) electrons.